The number of hydrogen-bond acceptors (Lipinski definition) is 4. The van der Waals surface area contributed by atoms with Crippen molar-refractivity contribution in [2.24, 2.45) is 17.6 Å². The molecule has 2 aliphatic heterocycles. The van der Waals surface area contributed by atoms with Crippen LogP contribution in [0.4, 0.5) is 5.69 Å². The highest BCUT2D eigenvalue weighted by Crippen LogP contribution is 2.21. The first-order valence-electron chi connectivity index (χ1n) is 9.66. The Morgan fingerprint density at radius 1 is 1.22 bits per heavy atom. The van der Waals surface area contributed by atoms with E-state index in [0.29, 0.717) is 6.04 Å². The Hall–Kier alpha value is -1.63. The highest BCUT2D eigenvalue weighted by molar-refractivity contribution is 5.92. The molecule has 6 nitrogen and oxygen atoms in total. The van der Waals surface area contributed by atoms with Gasteiger partial charge in [-0.15, -0.1) is 12.4 Å². The Bertz CT molecular complexity index is 637. The molecule has 0 aromatic heterocycles. The Morgan fingerprint density at radius 2 is 1.96 bits per heavy atom. The summed E-state index contributed by atoms with van der Waals surface area (Å²) >= 11 is 0. The van der Waals surface area contributed by atoms with Gasteiger partial charge in [-0.1, -0.05) is 12.1 Å². The van der Waals surface area contributed by atoms with Crippen molar-refractivity contribution in [3.8, 4) is 0 Å². The first kappa shape index (κ1) is 21.7. The lowest BCUT2D eigenvalue weighted by molar-refractivity contribution is -0.123. The van der Waals surface area contributed by atoms with Gasteiger partial charge in [-0.25, -0.2) is 0 Å². The Morgan fingerprint density at radius 3 is 2.63 bits per heavy atom. The molecule has 150 valence electrons. The van der Waals surface area contributed by atoms with Crippen LogP contribution in [0.5, 0.6) is 0 Å². The van der Waals surface area contributed by atoms with Crippen LogP contribution in [0.1, 0.15) is 38.2 Å². The third-order valence-corrected chi connectivity index (χ3v) is 5.53. The van der Waals surface area contributed by atoms with Crippen LogP contribution in [-0.4, -0.2) is 42.4 Å². The largest absolute Gasteiger partial charge is 0.369 e. The molecular weight excluding hydrogens is 364 g/mol. The second-order valence-electron chi connectivity index (χ2n) is 7.74. The zero-order chi connectivity index (χ0) is 18.5. The number of primary amides is 1. The molecular formula is C20H31ClN4O2. The standard InChI is InChI=1S/C20H30N4O2.ClH/c1-14-11-16(8-9-22-14)20(26)23-18-6-4-15(5-7-18)12-24-10-2-3-17(13-24)19(21)25;/h4-7,14,16-17,22H,2-3,8-13H2,1H3,(H2,21,25)(H,23,26);1H/t14-,16-,17?;/m0./s1. The van der Waals surface area contributed by atoms with E-state index in [4.69, 9.17) is 5.73 Å². The molecule has 1 aromatic carbocycles. The minimum Gasteiger partial charge on any atom is -0.369 e. The number of nitrogens with two attached hydrogens (primary N) is 1. The fraction of sp³-hybridized carbons (Fsp3) is 0.600. The lowest BCUT2D eigenvalue weighted by Gasteiger charge is -2.31. The van der Waals surface area contributed by atoms with Crippen molar-refractivity contribution in [1.29, 1.82) is 0 Å². The Balaban J connectivity index is 0.00000261. The monoisotopic (exact) mass is 394 g/mol. The fourth-order valence-corrected chi connectivity index (χ4v) is 4.00. The highest BCUT2D eigenvalue weighted by atomic mass is 35.5. The first-order chi connectivity index (χ1) is 12.5. The van der Waals surface area contributed by atoms with E-state index in [9.17, 15) is 9.59 Å². The number of hydrogen-bond donors (Lipinski definition) is 3. The number of likely N-dealkylation sites (tertiary alicyclic amines) is 1. The highest BCUT2D eigenvalue weighted by Gasteiger charge is 2.25. The first-order valence-corrected chi connectivity index (χ1v) is 9.66. The van der Waals surface area contributed by atoms with Gasteiger partial charge in [0.15, 0.2) is 0 Å². The number of nitrogens with zero attached hydrogens (tertiary/aromatic N) is 1. The molecule has 2 amide bonds. The number of carbonyl (C=O) groups excluding carboxylic acids is 2. The van der Waals surface area contributed by atoms with Gasteiger partial charge >= 0.3 is 0 Å². The molecule has 2 heterocycles. The maximum Gasteiger partial charge on any atom is 0.227 e. The number of anilines is 1. The van der Waals surface area contributed by atoms with Crippen LogP contribution in [0.3, 0.4) is 0 Å². The molecule has 2 fully saturated rings. The zero-order valence-corrected chi connectivity index (χ0v) is 16.8. The predicted molar refractivity (Wildman–Crippen MR) is 110 cm³/mol. The lowest BCUT2D eigenvalue weighted by atomic mass is 9.92. The fourth-order valence-electron chi connectivity index (χ4n) is 4.00. The molecule has 2 aliphatic rings. The van der Waals surface area contributed by atoms with Gasteiger partial charge in [-0.3, -0.25) is 14.5 Å². The number of carbonyl (C=O) groups is 2. The van der Waals surface area contributed by atoms with Crippen molar-refractivity contribution in [3.63, 3.8) is 0 Å². The Kier molecular flexibility index (Phi) is 8.07. The number of halogens is 1. The molecule has 27 heavy (non-hydrogen) atoms. The van der Waals surface area contributed by atoms with Crippen LogP contribution >= 0.6 is 12.4 Å². The van der Waals surface area contributed by atoms with Crippen molar-refractivity contribution in [2.75, 3.05) is 25.0 Å². The van der Waals surface area contributed by atoms with Crippen molar-refractivity contribution >= 4 is 29.9 Å². The van der Waals surface area contributed by atoms with Crippen LogP contribution in [-0.2, 0) is 16.1 Å². The molecule has 0 saturated carbocycles. The molecule has 2 saturated heterocycles. The van der Waals surface area contributed by atoms with Crippen molar-refractivity contribution in [2.45, 2.75) is 45.2 Å². The normalized spacial score (nSPS) is 26.0. The van der Waals surface area contributed by atoms with Gasteiger partial charge in [0.2, 0.25) is 11.8 Å². The summed E-state index contributed by atoms with van der Waals surface area (Å²) in [5.41, 5.74) is 7.48. The summed E-state index contributed by atoms with van der Waals surface area (Å²) < 4.78 is 0. The minimum absolute atomic E-state index is 0. The van der Waals surface area contributed by atoms with Gasteiger partial charge in [0.1, 0.15) is 0 Å². The van der Waals surface area contributed by atoms with Gasteiger partial charge in [0.05, 0.1) is 5.92 Å². The SMILES string of the molecule is C[C@H]1C[C@@H](C(=O)Nc2ccc(CN3CCCC(C(N)=O)C3)cc2)CCN1.Cl. The quantitative estimate of drug-likeness (QED) is 0.713. The van der Waals surface area contributed by atoms with Gasteiger partial charge in [0, 0.05) is 30.7 Å². The lowest BCUT2D eigenvalue weighted by Crippen LogP contribution is -2.40. The number of rotatable bonds is 5. The topological polar surface area (TPSA) is 87.5 Å². The second-order valence-corrected chi connectivity index (χ2v) is 7.74. The van der Waals surface area contributed by atoms with E-state index < -0.39 is 0 Å². The summed E-state index contributed by atoms with van der Waals surface area (Å²) in [6, 6.07) is 8.43. The second kappa shape index (κ2) is 10.1. The molecule has 3 atom stereocenters. The molecule has 0 radical (unpaired) electrons. The molecule has 0 spiro atoms. The number of nitrogens with one attached hydrogen (secondary N) is 2. The van der Waals surface area contributed by atoms with E-state index in [1.165, 1.54) is 5.56 Å². The number of piperidine rings is 2. The summed E-state index contributed by atoms with van der Waals surface area (Å²) in [6.45, 7) is 5.57. The number of amides is 2. The molecule has 0 aliphatic carbocycles. The van der Waals surface area contributed by atoms with Crippen LogP contribution in [0, 0.1) is 11.8 Å². The van der Waals surface area contributed by atoms with Crippen LogP contribution in [0.15, 0.2) is 24.3 Å². The van der Waals surface area contributed by atoms with Crippen LogP contribution in [0.25, 0.3) is 0 Å². The van der Waals surface area contributed by atoms with E-state index in [0.717, 1.165) is 57.5 Å². The van der Waals surface area contributed by atoms with Gasteiger partial charge in [0.25, 0.3) is 0 Å². The average molecular weight is 395 g/mol. The van der Waals surface area contributed by atoms with E-state index in [2.05, 4.69) is 34.6 Å². The maximum absolute atomic E-state index is 12.4. The third kappa shape index (κ3) is 6.19. The van der Waals surface area contributed by atoms with E-state index in [-0.39, 0.29) is 36.1 Å². The summed E-state index contributed by atoms with van der Waals surface area (Å²) in [4.78, 5) is 26.1. The van der Waals surface area contributed by atoms with Crippen molar-refractivity contribution in [1.82, 2.24) is 10.2 Å². The molecule has 4 N–H and O–H groups in total. The average Bonchev–Trinajstić information content (AvgIpc) is 2.63. The molecule has 1 aromatic rings. The molecule has 0 bridgehead atoms. The van der Waals surface area contributed by atoms with Gasteiger partial charge in [-0.2, -0.15) is 0 Å². The summed E-state index contributed by atoms with van der Waals surface area (Å²) in [6.07, 6.45) is 3.69. The van der Waals surface area contributed by atoms with Crippen molar-refractivity contribution < 1.29 is 9.59 Å². The zero-order valence-electron chi connectivity index (χ0n) is 15.9. The third-order valence-electron chi connectivity index (χ3n) is 5.53. The van der Waals surface area contributed by atoms with Gasteiger partial charge in [-0.05, 0) is 63.4 Å². The smallest absolute Gasteiger partial charge is 0.227 e. The van der Waals surface area contributed by atoms with Crippen molar-refractivity contribution in [3.05, 3.63) is 29.8 Å². The maximum atomic E-state index is 12.4. The summed E-state index contributed by atoms with van der Waals surface area (Å²) in [7, 11) is 0. The van der Waals surface area contributed by atoms with E-state index in [1.807, 2.05) is 12.1 Å². The molecule has 1 unspecified atom stereocenters. The molecule has 3 rings (SSSR count). The minimum atomic E-state index is -0.194. The van der Waals surface area contributed by atoms with Gasteiger partial charge < -0.3 is 16.4 Å². The van der Waals surface area contributed by atoms with Crippen LogP contribution in [0.2, 0.25) is 0 Å². The van der Waals surface area contributed by atoms with E-state index in [1.54, 1.807) is 0 Å². The summed E-state index contributed by atoms with van der Waals surface area (Å²) in [5.74, 6) is -0.0221. The summed E-state index contributed by atoms with van der Waals surface area (Å²) in [5, 5.41) is 6.42. The molecule has 7 heteroatoms. The van der Waals surface area contributed by atoms with Crippen LogP contribution < -0.4 is 16.4 Å². The number of benzene rings is 1. The predicted octanol–water partition coefficient (Wildman–Crippen LogP) is 2.13. The Labute approximate surface area is 167 Å². The van der Waals surface area contributed by atoms with E-state index >= 15 is 0 Å².